The van der Waals surface area contributed by atoms with Gasteiger partial charge in [0.15, 0.2) is 0 Å². The average Bonchev–Trinajstić information content (AvgIpc) is 2.13. The standard InChI is InChI=1S/C9H17N/c1-6(2)9-5-7(3)8(4)10-9/h6-7,9H,5H2,1-4H3. The van der Waals surface area contributed by atoms with Gasteiger partial charge in [-0.05, 0) is 25.2 Å². The summed E-state index contributed by atoms with van der Waals surface area (Å²) in [5.41, 5.74) is 1.35. The van der Waals surface area contributed by atoms with Crippen LogP contribution in [-0.2, 0) is 0 Å². The summed E-state index contributed by atoms with van der Waals surface area (Å²) in [4.78, 5) is 4.59. The van der Waals surface area contributed by atoms with Gasteiger partial charge in [0.25, 0.3) is 0 Å². The molecule has 1 rings (SSSR count). The number of rotatable bonds is 1. The molecule has 58 valence electrons. The smallest absolute Gasteiger partial charge is 0.0528 e. The summed E-state index contributed by atoms with van der Waals surface area (Å²) >= 11 is 0. The van der Waals surface area contributed by atoms with Gasteiger partial charge in [-0.15, -0.1) is 0 Å². The van der Waals surface area contributed by atoms with E-state index in [2.05, 4.69) is 32.7 Å². The highest BCUT2D eigenvalue weighted by atomic mass is 14.8. The lowest BCUT2D eigenvalue weighted by molar-refractivity contribution is 0.466. The fourth-order valence-electron chi connectivity index (χ4n) is 1.40. The number of hydrogen-bond acceptors (Lipinski definition) is 1. The molecule has 0 aromatic heterocycles. The van der Waals surface area contributed by atoms with Crippen molar-refractivity contribution >= 4 is 5.71 Å². The second kappa shape index (κ2) is 2.73. The molecule has 0 aromatic rings. The van der Waals surface area contributed by atoms with E-state index in [4.69, 9.17) is 0 Å². The first-order valence-corrected chi connectivity index (χ1v) is 4.15. The minimum absolute atomic E-state index is 0.606. The normalized spacial score (nSPS) is 33.1. The molecular formula is C9H17N. The van der Waals surface area contributed by atoms with E-state index < -0.39 is 0 Å². The molecule has 0 amide bonds. The van der Waals surface area contributed by atoms with Gasteiger partial charge in [-0.1, -0.05) is 20.8 Å². The third-order valence-corrected chi connectivity index (χ3v) is 2.45. The van der Waals surface area contributed by atoms with Crippen LogP contribution in [0.15, 0.2) is 4.99 Å². The van der Waals surface area contributed by atoms with Crippen LogP contribution in [0.4, 0.5) is 0 Å². The van der Waals surface area contributed by atoms with Crippen LogP contribution in [0.3, 0.4) is 0 Å². The fourth-order valence-corrected chi connectivity index (χ4v) is 1.40. The van der Waals surface area contributed by atoms with Crippen molar-refractivity contribution in [2.45, 2.75) is 40.2 Å². The predicted octanol–water partition coefficient (Wildman–Crippen LogP) is 2.51. The van der Waals surface area contributed by atoms with E-state index in [9.17, 15) is 0 Å². The Morgan fingerprint density at radius 3 is 2.30 bits per heavy atom. The van der Waals surface area contributed by atoms with Crippen molar-refractivity contribution in [1.29, 1.82) is 0 Å². The summed E-state index contributed by atoms with van der Waals surface area (Å²) in [5, 5.41) is 0. The number of aliphatic imine (C=N–C) groups is 1. The van der Waals surface area contributed by atoms with Gasteiger partial charge in [0.05, 0.1) is 6.04 Å². The summed E-state index contributed by atoms with van der Waals surface area (Å²) in [6.45, 7) is 8.91. The highest BCUT2D eigenvalue weighted by molar-refractivity contribution is 5.85. The molecule has 0 radical (unpaired) electrons. The van der Waals surface area contributed by atoms with Gasteiger partial charge in [-0.2, -0.15) is 0 Å². The Bertz CT molecular complexity index is 147. The fraction of sp³-hybridized carbons (Fsp3) is 0.889. The summed E-state index contributed by atoms with van der Waals surface area (Å²) < 4.78 is 0. The van der Waals surface area contributed by atoms with Crippen LogP contribution in [0.5, 0.6) is 0 Å². The molecule has 0 fully saturated rings. The van der Waals surface area contributed by atoms with Gasteiger partial charge < -0.3 is 0 Å². The maximum absolute atomic E-state index is 4.59. The van der Waals surface area contributed by atoms with Crippen molar-refractivity contribution in [3.8, 4) is 0 Å². The van der Waals surface area contributed by atoms with Crippen molar-refractivity contribution < 1.29 is 0 Å². The van der Waals surface area contributed by atoms with Crippen LogP contribution in [0, 0.1) is 11.8 Å². The maximum Gasteiger partial charge on any atom is 0.0528 e. The molecule has 0 aromatic carbocycles. The minimum atomic E-state index is 0.606. The van der Waals surface area contributed by atoms with E-state index in [-0.39, 0.29) is 0 Å². The molecule has 0 saturated heterocycles. The van der Waals surface area contributed by atoms with Crippen LogP contribution < -0.4 is 0 Å². The molecule has 0 N–H and O–H groups in total. The summed E-state index contributed by atoms with van der Waals surface area (Å²) in [7, 11) is 0. The molecular weight excluding hydrogens is 122 g/mol. The van der Waals surface area contributed by atoms with Crippen LogP contribution in [0.1, 0.15) is 34.1 Å². The van der Waals surface area contributed by atoms with Crippen LogP contribution in [0.25, 0.3) is 0 Å². The molecule has 1 nitrogen and oxygen atoms in total. The third kappa shape index (κ3) is 1.39. The molecule has 0 bridgehead atoms. The summed E-state index contributed by atoms with van der Waals surface area (Å²) in [5.74, 6) is 1.45. The summed E-state index contributed by atoms with van der Waals surface area (Å²) in [6, 6.07) is 0.606. The zero-order valence-corrected chi connectivity index (χ0v) is 7.39. The minimum Gasteiger partial charge on any atom is -0.291 e. The van der Waals surface area contributed by atoms with Crippen molar-refractivity contribution in [3.05, 3.63) is 0 Å². The van der Waals surface area contributed by atoms with Crippen LogP contribution in [-0.4, -0.2) is 11.8 Å². The highest BCUT2D eigenvalue weighted by Crippen LogP contribution is 2.24. The molecule has 1 heterocycles. The van der Waals surface area contributed by atoms with Crippen molar-refractivity contribution in [1.82, 2.24) is 0 Å². The zero-order chi connectivity index (χ0) is 7.72. The largest absolute Gasteiger partial charge is 0.291 e. The number of nitrogens with zero attached hydrogens (tertiary/aromatic N) is 1. The van der Waals surface area contributed by atoms with Gasteiger partial charge in [0.2, 0.25) is 0 Å². The lowest BCUT2D eigenvalue weighted by Gasteiger charge is -2.10. The van der Waals surface area contributed by atoms with Gasteiger partial charge in [-0.25, -0.2) is 0 Å². The monoisotopic (exact) mass is 139 g/mol. The first-order chi connectivity index (χ1) is 4.61. The highest BCUT2D eigenvalue weighted by Gasteiger charge is 2.23. The first-order valence-electron chi connectivity index (χ1n) is 4.15. The van der Waals surface area contributed by atoms with E-state index in [0.717, 1.165) is 11.8 Å². The summed E-state index contributed by atoms with van der Waals surface area (Å²) in [6.07, 6.45) is 1.27. The van der Waals surface area contributed by atoms with E-state index >= 15 is 0 Å². The Balaban J connectivity index is 2.56. The van der Waals surface area contributed by atoms with Gasteiger partial charge in [-0.3, -0.25) is 4.99 Å². The zero-order valence-electron chi connectivity index (χ0n) is 7.39. The Morgan fingerprint density at radius 1 is 1.50 bits per heavy atom. The Kier molecular flexibility index (Phi) is 2.12. The second-order valence-corrected chi connectivity index (χ2v) is 3.72. The third-order valence-electron chi connectivity index (χ3n) is 2.45. The molecule has 2 unspecified atom stereocenters. The predicted molar refractivity (Wildman–Crippen MR) is 45.5 cm³/mol. The van der Waals surface area contributed by atoms with Crippen molar-refractivity contribution in [2.24, 2.45) is 16.8 Å². The van der Waals surface area contributed by atoms with Crippen molar-refractivity contribution in [2.75, 3.05) is 0 Å². The van der Waals surface area contributed by atoms with Crippen LogP contribution >= 0.6 is 0 Å². The van der Waals surface area contributed by atoms with E-state index in [1.54, 1.807) is 0 Å². The molecule has 0 aliphatic carbocycles. The second-order valence-electron chi connectivity index (χ2n) is 3.72. The van der Waals surface area contributed by atoms with Crippen molar-refractivity contribution in [3.63, 3.8) is 0 Å². The molecule has 1 aliphatic heterocycles. The maximum atomic E-state index is 4.59. The molecule has 0 spiro atoms. The van der Waals surface area contributed by atoms with Crippen LogP contribution in [0.2, 0.25) is 0 Å². The molecule has 1 heteroatoms. The Hall–Kier alpha value is -0.330. The molecule has 10 heavy (non-hydrogen) atoms. The average molecular weight is 139 g/mol. The number of hydrogen-bond donors (Lipinski definition) is 0. The molecule has 2 atom stereocenters. The SMILES string of the molecule is CC1=NC(C(C)C)CC1C. The Morgan fingerprint density at radius 2 is 2.10 bits per heavy atom. The van der Waals surface area contributed by atoms with E-state index in [1.165, 1.54) is 12.1 Å². The van der Waals surface area contributed by atoms with E-state index in [0.29, 0.717) is 6.04 Å². The van der Waals surface area contributed by atoms with Gasteiger partial charge >= 0.3 is 0 Å². The quantitative estimate of drug-likeness (QED) is 0.529. The van der Waals surface area contributed by atoms with Gasteiger partial charge in [0, 0.05) is 5.71 Å². The molecule has 0 saturated carbocycles. The van der Waals surface area contributed by atoms with E-state index in [1.807, 2.05) is 0 Å². The Labute approximate surface area is 63.5 Å². The topological polar surface area (TPSA) is 12.4 Å². The lowest BCUT2D eigenvalue weighted by atomic mass is 9.96. The lowest BCUT2D eigenvalue weighted by Crippen LogP contribution is -2.10. The van der Waals surface area contributed by atoms with Gasteiger partial charge in [0.1, 0.15) is 0 Å². The first kappa shape index (κ1) is 7.77. The molecule has 1 aliphatic rings.